The van der Waals surface area contributed by atoms with E-state index in [4.69, 9.17) is 11.6 Å². The number of phenolic OH excluding ortho intramolecular Hbond substituents is 2. The average Bonchev–Trinajstić information content (AvgIpc) is 2.36. The van der Waals surface area contributed by atoms with Gasteiger partial charge in [0.05, 0.1) is 11.9 Å². The second-order valence-corrected chi connectivity index (χ2v) is 4.37. The Morgan fingerprint density at radius 1 is 1.26 bits per heavy atom. The Morgan fingerprint density at radius 3 is 2.63 bits per heavy atom. The van der Waals surface area contributed by atoms with E-state index in [1.807, 2.05) is 0 Å². The van der Waals surface area contributed by atoms with Crippen LogP contribution in [0.3, 0.4) is 0 Å². The number of aryl methyl sites for hydroxylation is 1. The van der Waals surface area contributed by atoms with Crippen LogP contribution in [0.5, 0.6) is 11.5 Å². The van der Waals surface area contributed by atoms with Gasteiger partial charge in [0.2, 0.25) is 0 Å². The van der Waals surface area contributed by atoms with Crippen LogP contribution < -0.4 is 5.32 Å². The number of benzene rings is 1. The molecule has 0 atom stereocenters. The van der Waals surface area contributed by atoms with Gasteiger partial charge in [-0.05, 0) is 36.8 Å². The average molecular weight is 279 g/mol. The summed E-state index contributed by atoms with van der Waals surface area (Å²) in [7, 11) is 0. The number of phenols is 2. The van der Waals surface area contributed by atoms with Crippen LogP contribution in [-0.2, 0) is 0 Å². The maximum atomic E-state index is 12.0. The maximum Gasteiger partial charge on any atom is 0.255 e. The Morgan fingerprint density at radius 2 is 2.00 bits per heavy atom. The van der Waals surface area contributed by atoms with Gasteiger partial charge in [-0.1, -0.05) is 11.6 Å². The summed E-state index contributed by atoms with van der Waals surface area (Å²) in [4.78, 5) is 15.8. The normalized spacial score (nSPS) is 10.2. The van der Waals surface area contributed by atoms with Crippen LogP contribution in [0, 0.1) is 6.92 Å². The number of amides is 1. The van der Waals surface area contributed by atoms with Gasteiger partial charge in [-0.2, -0.15) is 0 Å². The molecule has 0 saturated heterocycles. The monoisotopic (exact) mass is 278 g/mol. The third-order valence-corrected chi connectivity index (χ3v) is 2.77. The van der Waals surface area contributed by atoms with E-state index in [-0.39, 0.29) is 17.1 Å². The zero-order chi connectivity index (χ0) is 14.0. The third-order valence-electron chi connectivity index (χ3n) is 2.56. The van der Waals surface area contributed by atoms with E-state index in [9.17, 15) is 15.0 Å². The Hall–Kier alpha value is -2.27. The first kappa shape index (κ1) is 13.2. The van der Waals surface area contributed by atoms with Crippen LogP contribution in [0.1, 0.15) is 15.9 Å². The smallest absolute Gasteiger partial charge is 0.255 e. The van der Waals surface area contributed by atoms with Crippen molar-refractivity contribution in [2.75, 3.05) is 5.32 Å². The minimum atomic E-state index is -0.414. The van der Waals surface area contributed by atoms with Gasteiger partial charge in [0.25, 0.3) is 5.91 Å². The molecule has 0 unspecified atom stereocenters. The lowest BCUT2D eigenvalue weighted by Crippen LogP contribution is -2.12. The van der Waals surface area contributed by atoms with Gasteiger partial charge in [-0.25, -0.2) is 4.98 Å². The molecule has 0 aliphatic carbocycles. The lowest BCUT2D eigenvalue weighted by molar-refractivity contribution is 0.102. The summed E-state index contributed by atoms with van der Waals surface area (Å²) in [6.45, 7) is 1.79. The molecular weight excluding hydrogens is 268 g/mol. The molecule has 98 valence electrons. The molecule has 5 nitrogen and oxygen atoms in total. The molecule has 0 aliphatic heterocycles. The topological polar surface area (TPSA) is 82.5 Å². The van der Waals surface area contributed by atoms with Crippen LogP contribution in [0.25, 0.3) is 0 Å². The molecule has 1 aromatic carbocycles. The number of anilines is 1. The summed E-state index contributed by atoms with van der Waals surface area (Å²) < 4.78 is 0. The molecule has 0 aliphatic rings. The van der Waals surface area contributed by atoms with Crippen molar-refractivity contribution in [2.24, 2.45) is 0 Å². The van der Waals surface area contributed by atoms with Crippen molar-refractivity contribution in [3.63, 3.8) is 0 Å². The number of hydrogen-bond donors (Lipinski definition) is 3. The number of nitrogens with zero attached hydrogens (tertiary/aromatic N) is 1. The molecule has 0 radical (unpaired) electrons. The van der Waals surface area contributed by atoms with E-state index < -0.39 is 5.91 Å². The summed E-state index contributed by atoms with van der Waals surface area (Å²) in [6.07, 6.45) is 1.45. The minimum absolute atomic E-state index is 0.227. The number of hydrogen-bond acceptors (Lipinski definition) is 4. The largest absolute Gasteiger partial charge is 0.504 e. The lowest BCUT2D eigenvalue weighted by Gasteiger charge is -2.08. The summed E-state index contributed by atoms with van der Waals surface area (Å²) in [6, 6.07) is 5.47. The van der Waals surface area contributed by atoms with Crippen LogP contribution in [0.2, 0.25) is 5.15 Å². The molecular formula is C13H11ClN2O3. The van der Waals surface area contributed by atoms with Gasteiger partial charge in [0, 0.05) is 5.56 Å². The van der Waals surface area contributed by atoms with Crippen LogP contribution in [0.4, 0.5) is 5.69 Å². The molecule has 1 heterocycles. The van der Waals surface area contributed by atoms with E-state index in [2.05, 4.69) is 10.3 Å². The van der Waals surface area contributed by atoms with Gasteiger partial charge in [0.15, 0.2) is 11.5 Å². The quantitative estimate of drug-likeness (QED) is 0.583. The second kappa shape index (κ2) is 5.16. The van der Waals surface area contributed by atoms with Gasteiger partial charge in [-0.3, -0.25) is 4.79 Å². The molecule has 1 aromatic heterocycles. The summed E-state index contributed by atoms with van der Waals surface area (Å²) >= 11 is 5.72. The first-order valence-corrected chi connectivity index (χ1v) is 5.80. The Labute approximate surface area is 114 Å². The molecule has 0 fully saturated rings. The van der Waals surface area contributed by atoms with E-state index in [0.717, 1.165) is 5.56 Å². The SMILES string of the molecule is Cc1cc(Cl)ncc1NC(=O)c1ccc(O)c(O)c1. The molecule has 0 saturated carbocycles. The van der Waals surface area contributed by atoms with E-state index in [1.54, 1.807) is 13.0 Å². The standard InChI is InChI=1S/C13H11ClN2O3/c1-7-4-12(14)15-6-9(7)16-13(19)8-2-3-10(17)11(18)5-8/h2-6,17-18H,1H3,(H,16,19). The zero-order valence-electron chi connectivity index (χ0n) is 10.0. The van der Waals surface area contributed by atoms with Gasteiger partial charge in [-0.15, -0.1) is 0 Å². The van der Waals surface area contributed by atoms with Crippen molar-refractivity contribution in [3.05, 3.63) is 46.7 Å². The highest BCUT2D eigenvalue weighted by atomic mass is 35.5. The number of rotatable bonds is 2. The fourth-order valence-electron chi connectivity index (χ4n) is 1.51. The molecule has 2 rings (SSSR count). The summed E-state index contributed by atoms with van der Waals surface area (Å²) in [5.41, 5.74) is 1.53. The van der Waals surface area contributed by atoms with Crippen molar-refractivity contribution >= 4 is 23.2 Å². The third kappa shape index (κ3) is 2.95. The number of pyridine rings is 1. The first-order chi connectivity index (χ1) is 8.97. The van der Waals surface area contributed by atoms with E-state index >= 15 is 0 Å². The van der Waals surface area contributed by atoms with Gasteiger partial charge in [0.1, 0.15) is 5.15 Å². The number of halogens is 1. The molecule has 3 N–H and O–H groups in total. The maximum absolute atomic E-state index is 12.0. The van der Waals surface area contributed by atoms with Gasteiger partial charge < -0.3 is 15.5 Å². The van der Waals surface area contributed by atoms with Crippen molar-refractivity contribution in [1.82, 2.24) is 4.98 Å². The van der Waals surface area contributed by atoms with Crippen molar-refractivity contribution in [1.29, 1.82) is 0 Å². The van der Waals surface area contributed by atoms with Crippen molar-refractivity contribution in [2.45, 2.75) is 6.92 Å². The van der Waals surface area contributed by atoms with Crippen molar-refractivity contribution in [3.8, 4) is 11.5 Å². The van der Waals surface area contributed by atoms with E-state index in [0.29, 0.717) is 10.8 Å². The summed E-state index contributed by atoms with van der Waals surface area (Å²) in [5, 5.41) is 21.5. The Bertz CT molecular complexity index is 644. The number of aromatic nitrogens is 1. The molecule has 0 spiro atoms. The molecule has 6 heteroatoms. The predicted molar refractivity (Wildman–Crippen MR) is 71.7 cm³/mol. The Balaban J connectivity index is 2.23. The van der Waals surface area contributed by atoms with Crippen molar-refractivity contribution < 1.29 is 15.0 Å². The van der Waals surface area contributed by atoms with Crippen LogP contribution in [-0.4, -0.2) is 21.1 Å². The second-order valence-electron chi connectivity index (χ2n) is 3.98. The highest BCUT2D eigenvalue weighted by Gasteiger charge is 2.10. The highest BCUT2D eigenvalue weighted by Crippen LogP contribution is 2.25. The van der Waals surface area contributed by atoms with Crippen LogP contribution in [0.15, 0.2) is 30.5 Å². The van der Waals surface area contributed by atoms with Crippen LogP contribution >= 0.6 is 11.6 Å². The highest BCUT2D eigenvalue weighted by molar-refractivity contribution is 6.29. The molecule has 19 heavy (non-hydrogen) atoms. The Kier molecular flexibility index (Phi) is 3.57. The first-order valence-electron chi connectivity index (χ1n) is 5.43. The minimum Gasteiger partial charge on any atom is -0.504 e. The number of carbonyl (C=O) groups excluding carboxylic acids is 1. The predicted octanol–water partition coefficient (Wildman–Crippen LogP) is 2.71. The van der Waals surface area contributed by atoms with Gasteiger partial charge >= 0.3 is 0 Å². The fraction of sp³-hybridized carbons (Fsp3) is 0.0769. The van der Waals surface area contributed by atoms with E-state index in [1.165, 1.54) is 24.4 Å². The number of nitrogens with one attached hydrogen (secondary N) is 1. The number of carbonyl (C=O) groups is 1. The zero-order valence-corrected chi connectivity index (χ0v) is 10.8. The molecule has 2 aromatic rings. The molecule has 1 amide bonds. The fourth-order valence-corrected chi connectivity index (χ4v) is 1.72. The molecule has 0 bridgehead atoms. The summed E-state index contributed by atoms with van der Waals surface area (Å²) in [5.74, 6) is -1.04. The lowest BCUT2D eigenvalue weighted by atomic mass is 10.1. The number of aromatic hydroxyl groups is 2.